The van der Waals surface area contributed by atoms with Gasteiger partial charge in [-0.2, -0.15) is 0 Å². The molecule has 0 aliphatic heterocycles. The van der Waals surface area contributed by atoms with Gasteiger partial charge in [0.15, 0.2) is 0 Å². The van der Waals surface area contributed by atoms with E-state index in [2.05, 4.69) is 289 Å². The van der Waals surface area contributed by atoms with Crippen LogP contribution in [0.2, 0.25) is 0 Å². The van der Waals surface area contributed by atoms with Crippen molar-refractivity contribution in [3.8, 4) is 44.5 Å². The van der Waals surface area contributed by atoms with Gasteiger partial charge in [-0.3, -0.25) is 0 Å². The molecule has 12 aromatic rings. The summed E-state index contributed by atoms with van der Waals surface area (Å²) in [6, 6.07) is 101. The maximum Gasteiger partial charge on any atom is 0.0546 e. The molecule has 0 aliphatic carbocycles. The fourth-order valence-corrected chi connectivity index (χ4v) is 9.90. The third-order valence-electron chi connectivity index (χ3n) is 13.2. The molecular weight excluding hydrogens is 821 g/mol. The largest absolute Gasteiger partial charge is 0.310 e. The highest BCUT2D eigenvalue weighted by Crippen LogP contribution is 2.48. The van der Waals surface area contributed by atoms with Gasteiger partial charge in [0.05, 0.1) is 11.4 Å². The first-order valence-corrected chi connectivity index (χ1v) is 23.3. The van der Waals surface area contributed by atoms with Crippen molar-refractivity contribution in [2.24, 2.45) is 0 Å². The first-order chi connectivity index (χ1) is 33.7. The second-order valence-electron chi connectivity index (χ2n) is 17.3. The lowest BCUT2D eigenvalue weighted by Gasteiger charge is -2.30. The van der Waals surface area contributed by atoms with E-state index >= 15 is 0 Å². The molecule has 0 saturated carbocycles. The first-order valence-electron chi connectivity index (χ1n) is 23.3. The second kappa shape index (κ2) is 17.8. The molecule has 0 fully saturated rings. The van der Waals surface area contributed by atoms with E-state index in [4.69, 9.17) is 0 Å². The molecule has 0 spiro atoms. The number of anilines is 6. The van der Waals surface area contributed by atoms with Crippen molar-refractivity contribution in [3.05, 3.63) is 279 Å². The topological polar surface area (TPSA) is 6.48 Å². The first kappa shape index (κ1) is 40.5. The van der Waals surface area contributed by atoms with Crippen LogP contribution in [0.1, 0.15) is 0 Å². The molecule has 0 radical (unpaired) electrons. The normalized spacial score (nSPS) is 11.2. The standard InChI is InChI=1S/C66H46N2/c1-5-17-47(18-6-1)51-29-37-56(38-30-51)67(57-39-31-52(32-40-57)48-19-7-2-8-20-48)64-45-55-46-65(61-26-14-16-28-63(61)66(55)62-27-15-13-25-60(62)64)68(58-41-33-53(34-42-58)49-21-9-3-10-22-49)59-43-35-54(36-44-59)50-23-11-4-12-24-50/h1-46H. The molecule has 0 amide bonds. The van der Waals surface area contributed by atoms with Gasteiger partial charge < -0.3 is 9.80 Å². The smallest absolute Gasteiger partial charge is 0.0546 e. The molecule has 12 aromatic carbocycles. The minimum atomic E-state index is 1.08. The predicted octanol–water partition coefficient (Wildman–Crippen LogP) is 18.8. The Bertz CT molecular complexity index is 3250. The molecule has 0 bridgehead atoms. The van der Waals surface area contributed by atoms with Crippen molar-refractivity contribution in [3.63, 3.8) is 0 Å². The Morgan fingerprint density at radius 2 is 0.412 bits per heavy atom. The molecule has 2 nitrogen and oxygen atoms in total. The molecule has 0 unspecified atom stereocenters. The number of benzene rings is 12. The zero-order valence-corrected chi connectivity index (χ0v) is 37.5. The fraction of sp³-hybridized carbons (Fsp3) is 0. The Morgan fingerprint density at radius 1 is 0.191 bits per heavy atom. The van der Waals surface area contributed by atoms with Crippen LogP contribution in [0, 0.1) is 0 Å². The Balaban J connectivity index is 1.08. The lowest BCUT2D eigenvalue weighted by molar-refractivity contribution is 1.30. The molecule has 68 heavy (non-hydrogen) atoms. The van der Waals surface area contributed by atoms with E-state index < -0.39 is 0 Å². The predicted molar refractivity (Wildman–Crippen MR) is 290 cm³/mol. The van der Waals surface area contributed by atoms with Gasteiger partial charge in [0.1, 0.15) is 0 Å². The van der Waals surface area contributed by atoms with Crippen LogP contribution in [0.25, 0.3) is 76.8 Å². The van der Waals surface area contributed by atoms with Gasteiger partial charge in [-0.25, -0.2) is 0 Å². The summed E-state index contributed by atoms with van der Waals surface area (Å²) in [4.78, 5) is 4.87. The van der Waals surface area contributed by atoms with Gasteiger partial charge in [-0.15, -0.1) is 0 Å². The summed E-state index contributed by atoms with van der Waals surface area (Å²) in [7, 11) is 0. The Labute approximate surface area is 397 Å². The second-order valence-corrected chi connectivity index (χ2v) is 17.3. The molecule has 2 heteroatoms. The third-order valence-corrected chi connectivity index (χ3v) is 13.2. The van der Waals surface area contributed by atoms with Crippen molar-refractivity contribution in [2.75, 3.05) is 9.80 Å². The molecule has 0 aliphatic rings. The van der Waals surface area contributed by atoms with E-state index in [0.717, 1.165) is 39.5 Å². The van der Waals surface area contributed by atoms with Gasteiger partial charge in [0.2, 0.25) is 0 Å². The number of nitrogens with zero attached hydrogens (tertiary/aromatic N) is 2. The van der Waals surface area contributed by atoms with Crippen LogP contribution in [0.3, 0.4) is 0 Å². The third kappa shape index (κ3) is 7.64. The molecule has 320 valence electrons. The van der Waals surface area contributed by atoms with E-state index in [1.54, 1.807) is 0 Å². The number of fused-ring (bicyclic) bond motifs is 5. The van der Waals surface area contributed by atoms with Crippen molar-refractivity contribution in [1.29, 1.82) is 0 Å². The number of hydrogen-bond donors (Lipinski definition) is 0. The Hall–Kier alpha value is -8.98. The van der Waals surface area contributed by atoms with E-state index in [1.165, 1.54) is 71.4 Å². The van der Waals surface area contributed by atoms with E-state index in [-0.39, 0.29) is 0 Å². The fourth-order valence-electron chi connectivity index (χ4n) is 9.90. The Kier molecular flexibility index (Phi) is 10.6. The quantitative estimate of drug-likeness (QED) is 0.126. The summed E-state index contributed by atoms with van der Waals surface area (Å²) < 4.78 is 0. The van der Waals surface area contributed by atoms with Crippen LogP contribution >= 0.6 is 0 Å². The van der Waals surface area contributed by atoms with Crippen molar-refractivity contribution in [2.45, 2.75) is 0 Å². The van der Waals surface area contributed by atoms with Crippen LogP contribution in [0.15, 0.2) is 279 Å². The summed E-state index contributed by atoms with van der Waals surface area (Å²) in [5.41, 5.74) is 16.1. The van der Waals surface area contributed by atoms with Gasteiger partial charge in [0, 0.05) is 33.5 Å². The highest BCUT2D eigenvalue weighted by molar-refractivity contribution is 6.26. The van der Waals surface area contributed by atoms with Crippen LogP contribution in [-0.4, -0.2) is 0 Å². The van der Waals surface area contributed by atoms with E-state index in [1.807, 2.05) is 0 Å². The van der Waals surface area contributed by atoms with Gasteiger partial charge >= 0.3 is 0 Å². The summed E-state index contributed by atoms with van der Waals surface area (Å²) >= 11 is 0. The SMILES string of the molecule is c1ccc(-c2ccc(N(c3ccc(-c4ccccc4)cc3)c3cc4cc(N(c5ccc(-c6ccccc6)cc5)c5ccc(-c6ccccc6)cc5)c5ccccc5c4c4ccccc34)cc2)cc1. The average molecular weight is 867 g/mol. The molecule has 0 heterocycles. The van der Waals surface area contributed by atoms with Gasteiger partial charge in [0.25, 0.3) is 0 Å². The molecule has 0 atom stereocenters. The monoisotopic (exact) mass is 866 g/mol. The summed E-state index contributed by atoms with van der Waals surface area (Å²) in [6.07, 6.45) is 0. The summed E-state index contributed by atoms with van der Waals surface area (Å²) in [6.45, 7) is 0. The zero-order valence-electron chi connectivity index (χ0n) is 37.5. The highest BCUT2D eigenvalue weighted by atomic mass is 15.2. The number of rotatable bonds is 10. The van der Waals surface area contributed by atoms with Crippen LogP contribution in [0.4, 0.5) is 34.1 Å². The minimum absolute atomic E-state index is 1.08. The summed E-state index contributed by atoms with van der Waals surface area (Å²) in [5, 5.41) is 7.18. The maximum absolute atomic E-state index is 2.43. The molecule has 0 N–H and O–H groups in total. The highest BCUT2D eigenvalue weighted by Gasteiger charge is 2.22. The molecule has 0 aromatic heterocycles. The maximum atomic E-state index is 2.43. The van der Waals surface area contributed by atoms with Gasteiger partial charge in [-0.05, 0) is 127 Å². The minimum Gasteiger partial charge on any atom is -0.310 e. The van der Waals surface area contributed by atoms with E-state index in [0.29, 0.717) is 0 Å². The zero-order chi connectivity index (χ0) is 45.2. The number of hydrogen-bond acceptors (Lipinski definition) is 2. The van der Waals surface area contributed by atoms with Crippen molar-refractivity contribution >= 4 is 66.4 Å². The Morgan fingerprint density at radius 3 is 0.676 bits per heavy atom. The lowest BCUT2D eigenvalue weighted by Crippen LogP contribution is -2.12. The summed E-state index contributed by atoms with van der Waals surface area (Å²) in [5.74, 6) is 0. The lowest BCUT2D eigenvalue weighted by atomic mass is 9.92. The van der Waals surface area contributed by atoms with Crippen molar-refractivity contribution < 1.29 is 0 Å². The van der Waals surface area contributed by atoms with Gasteiger partial charge in [-0.1, -0.05) is 218 Å². The molecule has 0 saturated heterocycles. The molecule has 12 rings (SSSR count). The van der Waals surface area contributed by atoms with Crippen LogP contribution < -0.4 is 9.80 Å². The van der Waals surface area contributed by atoms with Crippen LogP contribution in [-0.2, 0) is 0 Å². The van der Waals surface area contributed by atoms with E-state index in [9.17, 15) is 0 Å². The van der Waals surface area contributed by atoms with Crippen LogP contribution in [0.5, 0.6) is 0 Å². The average Bonchev–Trinajstić information content (AvgIpc) is 3.43. The van der Waals surface area contributed by atoms with Crippen molar-refractivity contribution in [1.82, 2.24) is 0 Å². The molecular formula is C66H46N2.